The Kier molecular flexibility index (Phi) is 19.3. The van der Waals surface area contributed by atoms with Gasteiger partial charge in [-0.1, -0.05) is 0 Å². The van der Waals surface area contributed by atoms with E-state index in [9.17, 15) is 19.8 Å². The van der Waals surface area contributed by atoms with Gasteiger partial charge in [0.05, 0.1) is 0 Å². The third-order valence-electron chi connectivity index (χ3n) is 0.762. The third-order valence-corrected chi connectivity index (χ3v) is 0.762. The Labute approximate surface area is 129 Å². The first-order valence-electron chi connectivity index (χ1n) is 2.52. The average Bonchev–Trinajstić information content (AvgIpc) is 1.63. The minimum atomic E-state index is -1.23. The second kappa shape index (κ2) is 11.6. The Morgan fingerprint density at radius 1 is 1.00 bits per heavy atom. The second-order valence-electron chi connectivity index (χ2n) is 1.60. The summed E-state index contributed by atoms with van der Waals surface area (Å²) in [6.45, 7) is 0. The molecule has 0 aromatic heterocycles. The van der Waals surface area contributed by atoms with Gasteiger partial charge in [0.1, 0.15) is 0 Å². The maximum Gasteiger partial charge on any atom is 1.00 e. The summed E-state index contributed by atoms with van der Waals surface area (Å²) in [6, 6.07) is 0. The van der Waals surface area contributed by atoms with Crippen LogP contribution in [0.5, 0.6) is 0 Å². The average molecular weight is 192 g/mol. The number of carbonyl (C=O) groups excluding carboxylic acids is 2. The van der Waals surface area contributed by atoms with Crippen molar-refractivity contribution in [1.29, 1.82) is 0 Å². The summed E-state index contributed by atoms with van der Waals surface area (Å²) in [5.41, 5.74) is 0. The minimum Gasteiger partial charge on any atom is -0.550 e. The molecule has 0 aromatic carbocycles. The van der Waals surface area contributed by atoms with Gasteiger partial charge in [-0.3, -0.25) is 0 Å². The molecule has 52 valence electrons. The van der Waals surface area contributed by atoms with Gasteiger partial charge in [0, 0.05) is 11.9 Å². The van der Waals surface area contributed by atoms with Crippen molar-refractivity contribution in [3.63, 3.8) is 0 Å². The van der Waals surface area contributed by atoms with E-state index >= 15 is 0 Å². The summed E-state index contributed by atoms with van der Waals surface area (Å²) in [7, 11) is 0. The SMILES string of the molecule is O=C([O-])CCCC(=O)[O-].[K+].[Na+]. The van der Waals surface area contributed by atoms with Crippen LogP contribution in [0.2, 0.25) is 0 Å². The molecule has 0 heterocycles. The smallest absolute Gasteiger partial charge is 0.550 e. The molecule has 0 aliphatic rings. The van der Waals surface area contributed by atoms with Gasteiger partial charge in [-0.05, 0) is 19.3 Å². The fraction of sp³-hybridized carbons (Fsp3) is 0.600. The summed E-state index contributed by atoms with van der Waals surface area (Å²) in [5, 5.41) is 19.3. The summed E-state index contributed by atoms with van der Waals surface area (Å²) < 4.78 is 0. The monoisotopic (exact) mass is 192 g/mol. The standard InChI is InChI=1S/C5H8O4.K.Na/c6-4(7)2-1-3-5(8)9;;/h1-3H2,(H,6,7)(H,8,9);;/q;2*+1/p-2. The van der Waals surface area contributed by atoms with E-state index < -0.39 is 11.9 Å². The number of hydrogen-bond acceptors (Lipinski definition) is 4. The Morgan fingerprint density at radius 3 is 1.45 bits per heavy atom. The molecule has 11 heavy (non-hydrogen) atoms. The zero-order valence-corrected chi connectivity index (χ0v) is 11.9. The van der Waals surface area contributed by atoms with Crippen molar-refractivity contribution in [3.8, 4) is 0 Å². The number of carbonyl (C=O) groups is 2. The van der Waals surface area contributed by atoms with Crippen LogP contribution < -0.4 is 91.2 Å². The van der Waals surface area contributed by atoms with Crippen LogP contribution in [-0.2, 0) is 9.59 Å². The van der Waals surface area contributed by atoms with Crippen molar-refractivity contribution in [2.24, 2.45) is 0 Å². The molecule has 4 nitrogen and oxygen atoms in total. The van der Waals surface area contributed by atoms with Crippen LogP contribution in [0.25, 0.3) is 0 Å². The number of aliphatic carboxylic acids is 2. The fourth-order valence-electron chi connectivity index (χ4n) is 0.377. The van der Waals surface area contributed by atoms with Crippen LogP contribution in [0.4, 0.5) is 0 Å². The van der Waals surface area contributed by atoms with Gasteiger partial charge in [-0.25, -0.2) is 0 Å². The predicted octanol–water partition coefficient (Wildman–Crippen LogP) is -8.34. The predicted molar refractivity (Wildman–Crippen MR) is 23.9 cm³/mol. The zero-order valence-electron chi connectivity index (χ0n) is 6.75. The Bertz CT molecular complexity index is 114. The van der Waals surface area contributed by atoms with Crippen LogP contribution in [0, 0.1) is 0 Å². The van der Waals surface area contributed by atoms with Gasteiger partial charge in [0.2, 0.25) is 0 Å². The van der Waals surface area contributed by atoms with Crippen molar-refractivity contribution < 1.29 is 101 Å². The second-order valence-corrected chi connectivity index (χ2v) is 1.60. The van der Waals surface area contributed by atoms with Crippen LogP contribution in [0.15, 0.2) is 0 Å². The largest absolute Gasteiger partial charge is 1.00 e. The number of rotatable bonds is 4. The van der Waals surface area contributed by atoms with Crippen LogP contribution in [0.1, 0.15) is 19.3 Å². The quantitative estimate of drug-likeness (QED) is 0.414. The van der Waals surface area contributed by atoms with Crippen LogP contribution in [0.3, 0.4) is 0 Å². The summed E-state index contributed by atoms with van der Waals surface area (Å²) in [5.74, 6) is -2.45. The topological polar surface area (TPSA) is 80.3 Å². The molecule has 0 saturated carbocycles. The van der Waals surface area contributed by atoms with E-state index in [1.54, 1.807) is 0 Å². The molecule has 0 fully saturated rings. The maximum atomic E-state index is 9.66. The van der Waals surface area contributed by atoms with E-state index in [4.69, 9.17) is 0 Å². The molecule has 0 rings (SSSR count). The van der Waals surface area contributed by atoms with Crippen molar-refractivity contribution in [2.75, 3.05) is 0 Å². The molecule has 0 spiro atoms. The van der Waals surface area contributed by atoms with Crippen molar-refractivity contribution in [2.45, 2.75) is 19.3 Å². The normalized spacial score (nSPS) is 7.27. The van der Waals surface area contributed by atoms with Crippen molar-refractivity contribution in [1.82, 2.24) is 0 Å². The van der Waals surface area contributed by atoms with Crippen molar-refractivity contribution in [3.05, 3.63) is 0 Å². The van der Waals surface area contributed by atoms with Gasteiger partial charge < -0.3 is 19.8 Å². The number of carboxylic acids is 2. The van der Waals surface area contributed by atoms with Crippen molar-refractivity contribution >= 4 is 11.9 Å². The molecule has 0 aliphatic heterocycles. The molecule has 0 aromatic rings. The van der Waals surface area contributed by atoms with Crippen LogP contribution in [-0.4, -0.2) is 11.9 Å². The summed E-state index contributed by atoms with van der Waals surface area (Å²) in [4.78, 5) is 19.3. The van der Waals surface area contributed by atoms with Gasteiger partial charge in [-0.15, -0.1) is 0 Å². The molecule has 0 radical (unpaired) electrons. The summed E-state index contributed by atoms with van der Waals surface area (Å²) in [6.07, 6.45) is -0.341. The Balaban J connectivity index is -0.000000320. The van der Waals surface area contributed by atoms with Crippen LogP contribution >= 0.6 is 0 Å². The first kappa shape index (κ1) is 18.4. The summed E-state index contributed by atoms with van der Waals surface area (Å²) >= 11 is 0. The van der Waals surface area contributed by atoms with E-state index in [0.717, 1.165) is 0 Å². The number of hydrogen-bond donors (Lipinski definition) is 0. The molecule has 0 N–H and O–H groups in total. The molecule has 0 unspecified atom stereocenters. The fourth-order valence-corrected chi connectivity index (χ4v) is 0.377. The minimum absolute atomic E-state index is 0. The van der Waals surface area contributed by atoms with E-state index in [1.165, 1.54) is 0 Å². The third kappa shape index (κ3) is 18.5. The molecular weight excluding hydrogens is 186 g/mol. The molecule has 6 heteroatoms. The van der Waals surface area contributed by atoms with E-state index in [0.29, 0.717) is 0 Å². The maximum absolute atomic E-state index is 9.66. The molecule has 0 saturated heterocycles. The number of carboxylic acid groups (broad SMARTS) is 2. The van der Waals surface area contributed by atoms with Gasteiger partial charge in [0.25, 0.3) is 0 Å². The van der Waals surface area contributed by atoms with Gasteiger partial charge in [0.15, 0.2) is 0 Å². The molecule has 0 atom stereocenters. The van der Waals surface area contributed by atoms with E-state index in [2.05, 4.69) is 0 Å². The molecule has 0 amide bonds. The first-order valence-corrected chi connectivity index (χ1v) is 2.52. The zero-order chi connectivity index (χ0) is 7.28. The van der Waals surface area contributed by atoms with E-state index in [-0.39, 0.29) is 100 Å². The molecule has 0 bridgehead atoms. The molecule has 0 aliphatic carbocycles. The van der Waals surface area contributed by atoms with E-state index in [1.807, 2.05) is 0 Å². The van der Waals surface area contributed by atoms with Gasteiger partial charge >= 0.3 is 80.9 Å². The molecular formula is C5H6KNaO4. The Hall–Kier alpha value is 1.58. The first-order chi connectivity index (χ1) is 4.13. The Morgan fingerprint density at radius 2 is 1.27 bits per heavy atom. The van der Waals surface area contributed by atoms with Gasteiger partial charge in [-0.2, -0.15) is 0 Å².